The highest BCUT2D eigenvalue weighted by atomic mass is 16.3. The second kappa shape index (κ2) is 6.19. The fourth-order valence-electron chi connectivity index (χ4n) is 5.10. The van der Waals surface area contributed by atoms with Gasteiger partial charge in [-0.25, -0.2) is 0 Å². The lowest BCUT2D eigenvalue weighted by molar-refractivity contribution is -0.00191. The molecule has 126 valence electrons. The molecule has 0 spiro atoms. The Morgan fingerprint density at radius 2 is 2.04 bits per heavy atom. The van der Waals surface area contributed by atoms with Gasteiger partial charge in [0.05, 0.1) is 5.60 Å². The van der Waals surface area contributed by atoms with E-state index < -0.39 is 5.60 Å². The third kappa shape index (κ3) is 2.84. The molecule has 3 aliphatic rings. The van der Waals surface area contributed by atoms with Crippen LogP contribution in [0.1, 0.15) is 43.7 Å². The number of hydrogen-bond donors (Lipinski definition) is 2. The van der Waals surface area contributed by atoms with Crippen LogP contribution in [0.3, 0.4) is 0 Å². The quantitative estimate of drug-likeness (QED) is 0.896. The molecule has 3 heteroatoms. The molecule has 1 aromatic rings. The van der Waals surface area contributed by atoms with Crippen LogP contribution in [-0.4, -0.2) is 42.2 Å². The maximum atomic E-state index is 11.2. The summed E-state index contributed by atoms with van der Waals surface area (Å²) in [5.41, 5.74) is 1.93. The zero-order valence-corrected chi connectivity index (χ0v) is 14.3. The summed E-state index contributed by atoms with van der Waals surface area (Å²) in [4.78, 5) is 2.60. The second-order valence-electron chi connectivity index (χ2n) is 7.96. The van der Waals surface area contributed by atoms with Crippen molar-refractivity contribution in [2.75, 3.05) is 26.2 Å². The van der Waals surface area contributed by atoms with Gasteiger partial charge < -0.3 is 15.3 Å². The average Bonchev–Trinajstić information content (AvgIpc) is 3.26. The monoisotopic (exact) mass is 314 g/mol. The van der Waals surface area contributed by atoms with Gasteiger partial charge in [0.2, 0.25) is 0 Å². The number of nitrogens with one attached hydrogen (secondary N) is 1. The largest absolute Gasteiger partial charge is 0.385 e. The summed E-state index contributed by atoms with van der Waals surface area (Å²) in [6, 6.07) is 9.60. The van der Waals surface area contributed by atoms with E-state index in [2.05, 4.69) is 41.4 Å². The fraction of sp³-hybridized carbons (Fsp3) is 0.700. The fourth-order valence-corrected chi connectivity index (χ4v) is 5.10. The Morgan fingerprint density at radius 1 is 1.22 bits per heavy atom. The molecule has 3 fully saturated rings. The van der Waals surface area contributed by atoms with E-state index in [1.807, 2.05) is 0 Å². The Morgan fingerprint density at radius 3 is 2.78 bits per heavy atom. The van der Waals surface area contributed by atoms with Crippen molar-refractivity contribution in [3.8, 4) is 0 Å². The standard InChI is InChI=1S/C20H30N2O/c1-15-3-2-11-22(15)12-9-16-4-6-18(7-5-16)20(23)10-8-17-13-21-14-19(17)20/h4-7,15,17,19,21,23H,2-3,8-14H2,1H3/t15?,17-,19?,20?/m1/s1. The zero-order chi connectivity index (χ0) is 15.9. The lowest BCUT2D eigenvalue weighted by Gasteiger charge is -2.30. The molecule has 3 unspecified atom stereocenters. The van der Waals surface area contributed by atoms with Crippen LogP contribution in [0.2, 0.25) is 0 Å². The van der Waals surface area contributed by atoms with Crippen molar-refractivity contribution in [3.63, 3.8) is 0 Å². The van der Waals surface area contributed by atoms with E-state index in [1.165, 1.54) is 31.5 Å². The van der Waals surface area contributed by atoms with E-state index in [0.717, 1.165) is 44.0 Å². The minimum Gasteiger partial charge on any atom is -0.385 e. The first-order valence-electron chi connectivity index (χ1n) is 9.43. The maximum absolute atomic E-state index is 11.2. The van der Waals surface area contributed by atoms with E-state index in [1.54, 1.807) is 0 Å². The van der Waals surface area contributed by atoms with E-state index in [0.29, 0.717) is 11.8 Å². The predicted molar refractivity (Wildman–Crippen MR) is 93.4 cm³/mol. The first kappa shape index (κ1) is 15.6. The summed E-state index contributed by atoms with van der Waals surface area (Å²) < 4.78 is 0. The highest BCUT2D eigenvalue weighted by Crippen LogP contribution is 2.48. The summed E-state index contributed by atoms with van der Waals surface area (Å²) in [6.07, 6.45) is 5.90. The number of aliphatic hydroxyl groups is 1. The highest BCUT2D eigenvalue weighted by Gasteiger charge is 2.50. The van der Waals surface area contributed by atoms with E-state index in [9.17, 15) is 5.11 Å². The lowest BCUT2D eigenvalue weighted by atomic mass is 9.82. The molecule has 0 bridgehead atoms. The van der Waals surface area contributed by atoms with Crippen LogP contribution in [-0.2, 0) is 12.0 Å². The third-order valence-corrected chi connectivity index (χ3v) is 6.68. The highest BCUT2D eigenvalue weighted by molar-refractivity contribution is 5.30. The molecule has 4 atom stereocenters. The van der Waals surface area contributed by atoms with Gasteiger partial charge in [-0.1, -0.05) is 24.3 Å². The smallest absolute Gasteiger partial charge is 0.0939 e. The Balaban J connectivity index is 1.41. The summed E-state index contributed by atoms with van der Waals surface area (Å²) in [6.45, 7) is 6.82. The summed E-state index contributed by atoms with van der Waals surface area (Å²) >= 11 is 0. The van der Waals surface area contributed by atoms with Gasteiger partial charge in [0, 0.05) is 25.0 Å². The minimum atomic E-state index is -0.601. The molecular formula is C20H30N2O. The molecule has 1 saturated carbocycles. The lowest BCUT2D eigenvalue weighted by Crippen LogP contribution is -2.33. The van der Waals surface area contributed by atoms with Gasteiger partial charge in [-0.15, -0.1) is 0 Å². The van der Waals surface area contributed by atoms with Crippen LogP contribution in [0.15, 0.2) is 24.3 Å². The first-order chi connectivity index (χ1) is 11.2. The van der Waals surface area contributed by atoms with E-state index in [-0.39, 0.29) is 0 Å². The average molecular weight is 314 g/mol. The SMILES string of the molecule is CC1CCCN1CCc1ccc(C2(O)CC[C@@H]3CNCC32)cc1. The Kier molecular flexibility index (Phi) is 4.21. The molecule has 1 aromatic carbocycles. The van der Waals surface area contributed by atoms with E-state index >= 15 is 0 Å². The number of hydrogen-bond acceptors (Lipinski definition) is 3. The number of rotatable bonds is 4. The summed E-state index contributed by atoms with van der Waals surface area (Å²) in [5.74, 6) is 1.06. The van der Waals surface area contributed by atoms with Crippen LogP contribution >= 0.6 is 0 Å². The first-order valence-corrected chi connectivity index (χ1v) is 9.43. The third-order valence-electron chi connectivity index (χ3n) is 6.68. The van der Waals surface area contributed by atoms with Crippen LogP contribution in [0.5, 0.6) is 0 Å². The van der Waals surface area contributed by atoms with Crippen LogP contribution in [0.25, 0.3) is 0 Å². The molecule has 3 nitrogen and oxygen atoms in total. The van der Waals surface area contributed by atoms with Crippen molar-refractivity contribution in [1.29, 1.82) is 0 Å². The maximum Gasteiger partial charge on any atom is 0.0939 e. The normalized spacial score (nSPS) is 37.4. The molecule has 2 heterocycles. The summed E-state index contributed by atoms with van der Waals surface area (Å²) in [7, 11) is 0. The number of fused-ring (bicyclic) bond motifs is 1. The minimum absolute atomic E-state index is 0.402. The van der Waals surface area contributed by atoms with Crippen LogP contribution in [0.4, 0.5) is 0 Å². The van der Waals surface area contributed by atoms with Gasteiger partial charge >= 0.3 is 0 Å². The van der Waals surface area contributed by atoms with Crippen molar-refractivity contribution in [3.05, 3.63) is 35.4 Å². The van der Waals surface area contributed by atoms with Gasteiger partial charge in [-0.2, -0.15) is 0 Å². The zero-order valence-electron chi connectivity index (χ0n) is 14.3. The topological polar surface area (TPSA) is 35.5 Å². The van der Waals surface area contributed by atoms with Gasteiger partial charge in [0.25, 0.3) is 0 Å². The Bertz CT molecular complexity index is 543. The molecule has 2 N–H and O–H groups in total. The molecule has 0 amide bonds. The van der Waals surface area contributed by atoms with Gasteiger partial charge in [0.15, 0.2) is 0 Å². The second-order valence-corrected chi connectivity index (χ2v) is 7.96. The van der Waals surface area contributed by atoms with E-state index in [4.69, 9.17) is 0 Å². The van der Waals surface area contributed by atoms with Crippen molar-refractivity contribution in [2.24, 2.45) is 11.8 Å². The van der Waals surface area contributed by atoms with Gasteiger partial charge in [-0.3, -0.25) is 0 Å². The molecule has 2 aliphatic heterocycles. The molecule has 23 heavy (non-hydrogen) atoms. The molecular weight excluding hydrogens is 284 g/mol. The number of nitrogens with zero attached hydrogens (tertiary/aromatic N) is 1. The molecule has 4 rings (SSSR count). The molecule has 0 radical (unpaired) electrons. The Labute approximate surface area is 140 Å². The predicted octanol–water partition coefficient (Wildman–Crippen LogP) is 2.53. The van der Waals surface area contributed by atoms with Crippen molar-refractivity contribution in [1.82, 2.24) is 10.2 Å². The van der Waals surface area contributed by atoms with Crippen LogP contribution < -0.4 is 5.32 Å². The molecule has 2 saturated heterocycles. The van der Waals surface area contributed by atoms with Gasteiger partial charge in [-0.05, 0) is 69.2 Å². The molecule has 1 aliphatic carbocycles. The van der Waals surface area contributed by atoms with Crippen molar-refractivity contribution < 1.29 is 5.11 Å². The summed E-state index contributed by atoms with van der Waals surface area (Å²) in [5, 5.41) is 14.7. The van der Waals surface area contributed by atoms with Crippen molar-refractivity contribution >= 4 is 0 Å². The molecule has 0 aromatic heterocycles. The van der Waals surface area contributed by atoms with Gasteiger partial charge in [0.1, 0.15) is 0 Å². The number of benzene rings is 1. The Hall–Kier alpha value is -0.900. The number of likely N-dealkylation sites (tertiary alicyclic amines) is 1. The van der Waals surface area contributed by atoms with Crippen molar-refractivity contribution in [2.45, 2.75) is 50.7 Å². The van der Waals surface area contributed by atoms with Crippen LogP contribution in [0, 0.1) is 11.8 Å².